The maximum Gasteiger partial charge on any atom is 0.349 e. The fourth-order valence-electron chi connectivity index (χ4n) is 5.81. The number of alkyl halides is 2. The first-order valence-electron chi connectivity index (χ1n) is 16.5. The number of likely N-dealkylation sites (N-methyl/N-ethyl adjacent to an activating group) is 1. The molecule has 266 valence electrons. The summed E-state index contributed by atoms with van der Waals surface area (Å²) in [6.45, 7) is 7.49. The standard InChI is InChI=1S/C37H43F3N6O4/c1-5-31(47)43-33(35(49)46-18-16-45(4)17-19-46)24(3)27-14-15-30(29(38)21-27)42-34(48)32(23(2)26-11-7-6-8-12-26)44-36(50)37(39,40)28-13-9-10-25(20-28)22-41/h6-15,20-21,23-24,31-33,43,47H,5,16-19H2,1-4H3,(H,42,48)(H,44,50)/t23-,24-,31?,32?,33+/m0/s1. The van der Waals surface area contributed by atoms with Crippen molar-refractivity contribution in [2.75, 3.05) is 38.5 Å². The molecule has 0 aliphatic carbocycles. The molecule has 0 radical (unpaired) electrons. The number of benzene rings is 3. The van der Waals surface area contributed by atoms with E-state index in [9.17, 15) is 19.5 Å². The van der Waals surface area contributed by atoms with Crippen LogP contribution in [0.2, 0.25) is 0 Å². The predicted molar refractivity (Wildman–Crippen MR) is 183 cm³/mol. The molecule has 1 saturated heterocycles. The third-order valence-corrected chi connectivity index (χ3v) is 9.15. The molecule has 4 N–H and O–H groups in total. The molecule has 13 heteroatoms. The van der Waals surface area contributed by atoms with Gasteiger partial charge in [-0.2, -0.15) is 14.0 Å². The van der Waals surface area contributed by atoms with Crippen LogP contribution in [0.1, 0.15) is 61.3 Å². The van der Waals surface area contributed by atoms with Gasteiger partial charge in [0.2, 0.25) is 11.8 Å². The molecule has 3 aromatic rings. The third kappa shape index (κ3) is 9.06. The lowest BCUT2D eigenvalue weighted by atomic mass is 9.91. The number of amides is 3. The summed E-state index contributed by atoms with van der Waals surface area (Å²) in [6.07, 6.45) is -0.626. The number of nitrogens with zero attached hydrogens (tertiary/aromatic N) is 3. The van der Waals surface area contributed by atoms with Crippen molar-refractivity contribution in [1.29, 1.82) is 5.26 Å². The van der Waals surface area contributed by atoms with E-state index >= 15 is 13.2 Å². The Morgan fingerprint density at radius 2 is 1.58 bits per heavy atom. The third-order valence-electron chi connectivity index (χ3n) is 9.15. The van der Waals surface area contributed by atoms with Crippen molar-refractivity contribution in [1.82, 2.24) is 20.4 Å². The molecule has 10 nitrogen and oxygen atoms in total. The maximum absolute atomic E-state index is 15.7. The molecule has 5 atom stereocenters. The molecule has 2 unspecified atom stereocenters. The zero-order valence-electron chi connectivity index (χ0n) is 28.5. The zero-order chi connectivity index (χ0) is 36.6. The van der Waals surface area contributed by atoms with E-state index in [-0.39, 0.29) is 17.2 Å². The first-order valence-corrected chi connectivity index (χ1v) is 16.5. The monoisotopic (exact) mass is 692 g/mol. The second-order valence-corrected chi connectivity index (χ2v) is 12.6. The number of piperazine rings is 1. The first kappa shape index (κ1) is 38.0. The molecular formula is C37H43F3N6O4. The number of aliphatic hydroxyl groups is 1. The minimum absolute atomic E-state index is 0.0671. The molecule has 1 aliphatic rings. The second kappa shape index (κ2) is 16.8. The SMILES string of the molecule is CCC(O)N[C@@H](C(=O)N1CCN(C)CC1)[C@@H](C)c1ccc(NC(=O)C(NC(=O)C(F)(F)c2cccc(C#N)c2)[C@@H](C)c2ccccc2)c(F)c1. The predicted octanol–water partition coefficient (Wildman–Crippen LogP) is 4.28. The van der Waals surface area contributed by atoms with Crippen molar-refractivity contribution >= 4 is 23.4 Å². The molecule has 1 aliphatic heterocycles. The molecule has 0 saturated carbocycles. The van der Waals surface area contributed by atoms with Crippen LogP contribution in [0.5, 0.6) is 0 Å². The Morgan fingerprint density at radius 1 is 0.920 bits per heavy atom. The number of halogens is 3. The van der Waals surface area contributed by atoms with E-state index in [0.717, 1.165) is 12.1 Å². The molecule has 0 spiro atoms. The van der Waals surface area contributed by atoms with E-state index in [1.807, 2.05) is 7.05 Å². The highest BCUT2D eigenvalue weighted by Gasteiger charge is 2.44. The van der Waals surface area contributed by atoms with Gasteiger partial charge in [-0.25, -0.2) is 4.39 Å². The molecule has 0 aromatic heterocycles. The van der Waals surface area contributed by atoms with E-state index in [2.05, 4.69) is 20.9 Å². The second-order valence-electron chi connectivity index (χ2n) is 12.6. The number of rotatable bonds is 13. The number of aliphatic hydroxyl groups excluding tert-OH is 1. The number of carbonyl (C=O) groups is 3. The molecular weight excluding hydrogens is 649 g/mol. The van der Waals surface area contributed by atoms with Crippen molar-refractivity contribution in [3.63, 3.8) is 0 Å². The van der Waals surface area contributed by atoms with Crippen LogP contribution in [0.15, 0.2) is 72.8 Å². The van der Waals surface area contributed by atoms with Crippen molar-refractivity contribution in [2.45, 2.75) is 63.3 Å². The van der Waals surface area contributed by atoms with E-state index in [1.165, 1.54) is 30.3 Å². The molecule has 50 heavy (non-hydrogen) atoms. The van der Waals surface area contributed by atoms with Crippen molar-refractivity contribution in [2.24, 2.45) is 0 Å². The van der Waals surface area contributed by atoms with Gasteiger partial charge in [0.05, 0.1) is 23.4 Å². The summed E-state index contributed by atoms with van der Waals surface area (Å²) in [7, 11) is 1.97. The lowest BCUT2D eigenvalue weighted by Crippen LogP contribution is -2.56. The average molecular weight is 693 g/mol. The van der Waals surface area contributed by atoms with Crippen molar-refractivity contribution < 1.29 is 32.7 Å². The Balaban J connectivity index is 1.58. The minimum Gasteiger partial charge on any atom is -0.379 e. The van der Waals surface area contributed by atoms with Gasteiger partial charge in [-0.05, 0) is 48.9 Å². The Morgan fingerprint density at radius 3 is 2.20 bits per heavy atom. The van der Waals surface area contributed by atoms with Gasteiger partial charge in [0.1, 0.15) is 18.1 Å². The number of nitriles is 1. The molecule has 1 heterocycles. The zero-order valence-corrected chi connectivity index (χ0v) is 28.5. The molecule has 3 amide bonds. The van der Waals surface area contributed by atoms with Gasteiger partial charge in [0.15, 0.2) is 0 Å². The van der Waals surface area contributed by atoms with Crippen molar-refractivity contribution in [3.8, 4) is 6.07 Å². The molecule has 3 aromatic carbocycles. The van der Waals surface area contributed by atoms with Crippen molar-refractivity contribution in [3.05, 3.63) is 101 Å². The van der Waals surface area contributed by atoms with Gasteiger partial charge in [0.25, 0.3) is 5.91 Å². The largest absolute Gasteiger partial charge is 0.379 e. The Bertz CT molecular complexity index is 1690. The van der Waals surface area contributed by atoms with Crippen LogP contribution >= 0.6 is 0 Å². The van der Waals surface area contributed by atoms with E-state index in [0.29, 0.717) is 43.7 Å². The smallest absolute Gasteiger partial charge is 0.349 e. The average Bonchev–Trinajstić information content (AvgIpc) is 3.13. The highest BCUT2D eigenvalue weighted by atomic mass is 19.3. The lowest BCUT2D eigenvalue weighted by molar-refractivity contribution is -0.149. The quantitative estimate of drug-likeness (QED) is 0.196. The van der Waals surface area contributed by atoms with E-state index in [1.54, 1.807) is 62.1 Å². The summed E-state index contributed by atoms with van der Waals surface area (Å²) in [5.74, 6) is -9.27. The van der Waals surface area contributed by atoms with Crippen LogP contribution in [-0.4, -0.2) is 84.2 Å². The Kier molecular flexibility index (Phi) is 12.7. The Labute approximate surface area is 290 Å². The van der Waals surface area contributed by atoms with Crippen LogP contribution < -0.4 is 16.0 Å². The first-order chi connectivity index (χ1) is 23.8. The number of anilines is 1. The molecule has 4 rings (SSSR count). The summed E-state index contributed by atoms with van der Waals surface area (Å²) in [5, 5.41) is 27.1. The summed E-state index contributed by atoms with van der Waals surface area (Å²) in [6, 6.07) is 16.3. The van der Waals surface area contributed by atoms with Gasteiger partial charge in [-0.3, -0.25) is 19.7 Å². The van der Waals surface area contributed by atoms with Gasteiger partial charge >= 0.3 is 5.92 Å². The Hall–Kier alpha value is -4.77. The van der Waals surface area contributed by atoms with Crippen LogP contribution in [0.3, 0.4) is 0 Å². The number of hydrogen-bond acceptors (Lipinski definition) is 7. The molecule has 1 fully saturated rings. The molecule has 0 bridgehead atoms. The minimum atomic E-state index is -4.09. The highest BCUT2D eigenvalue weighted by Crippen LogP contribution is 2.31. The van der Waals surface area contributed by atoms with Crippen LogP contribution in [0.25, 0.3) is 0 Å². The van der Waals surface area contributed by atoms with Gasteiger partial charge in [-0.15, -0.1) is 0 Å². The summed E-state index contributed by atoms with van der Waals surface area (Å²) in [5.41, 5.74) is -0.0673. The summed E-state index contributed by atoms with van der Waals surface area (Å²) >= 11 is 0. The number of hydrogen-bond donors (Lipinski definition) is 4. The van der Waals surface area contributed by atoms with Gasteiger partial charge < -0.3 is 25.5 Å². The number of carbonyl (C=O) groups excluding carboxylic acids is 3. The van der Waals surface area contributed by atoms with Crippen LogP contribution in [0, 0.1) is 17.1 Å². The van der Waals surface area contributed by atoms with Crippen LogP contribution in [0.4, 0.5) is 18.9 Å². The van der Waals surface area contributed by atoms with Gasteiger partial charge in [0, 0.05) is 43.6 Å². The van der Waals surface area contributed by atoms with Crippen LogP contribution in [-0.2, 0) is 20.3 Å². The van der Waals surface area contributed by atoms with E-state index in [4.69, 9.17) is 5.26 Å². The number of nitrogens with one attached hydrogen (secondary N) is 3. The fraction of sp³-hybridized carbons (Fsp3) is 0.405. The topological polar surface area (TPSA) is 138 Å². The fourth-order valence-corrected chi connectivity index (χ4v) is 5.81. The normalized spacial score (nSPS) is 16.7. The highest BCUT2D eigenvalue weighted by molar-refractivity contribution is 5.99. The van der Waals surface area contributed by atoms with Gasteiger partial charge in [-0.1, -0.05) is 69.3 Å². The summed E-state index contributed by atoms with van der Waals surface area (Å²) < 4.78 is 46.4. The summed E-state index contributed by atoms with van der Waals surface area (Å²) in [4.78, 5) is 44.1. The van der Waals surface area contributed by atoms with E-state index < -0.39 is 59.3 Å². The maximum atomic E-state index is 15.7. The lowest BCUT2D eigenvalue weighted by Gasteiger charge is -2.37.